The average molecular weight is 350 g/mol. The second kappa shape index (κ2) is 6.78. The van der Waals surface area contributed by atoms with Crippen molar-refractivity contribution in [3.8, 4) is 11.3 Å². The van der Waals surface area contributed by atoms with Crippen LogP contribution in [0, 0.1) is 0 Å². The number of carbonyl (C=O) groups is 1. The Morgan fingerprint density at radius 2 is 2.04 bits per heavy atom. The molecule has 0 aliphatic heterocycles. The van der Waals surface area contributed by atoms with Crippen molar-refractivity contribution < 1.29 is 9.32 Å². The molecule has 6 nitrogen and oxygen atoms in total. The van der Waals surface area contributed by atoms with Crippen molar-refractivity contribution in [3.63, 3.8) is 0 Å². The van der Waals surface area contributed by atoms with Crippen LogP contribution < -0.4 is 5.32 Å². The molecular weight excluding hydrogens is 328 g/mol. The summed E-state index contributed by atoms with van der Waals surface area (Å²) in [5.41, 5.74) is 2.46. The maximum atomic E-state index is 12.4. The third-order valence-electron chi connectivity index (χ3n) is 4.91. The molecule has 1 amide bonds. The summed E-state index contributed by atoms with van der Waals surface area (Å²) >= 11 is 0. The average Bonchev–Trinajstić information content (AvgIpc) is 3.28. The third-order valence-corrected chi connectivity index (χ3v) is 4.91. The molecule has 1 aromatic carbocycles. The van der Waals surface area contributed by atoms with Crippen LogP contribution in [0.3, 0.4) is 0 Å². The summed E-state index contributed by atoms with van der Waals surface area (Å²) in [5.74, 6) is 0.882. The Labute approximate surface area is 152 Å². The molecule has 0 unspecified atom stereocenters. The molecule has 1 saturated carbocycles. The van der Waals surface area contributed by atoms with Gasteiger partial charge >= 0.3 is 0 Å². The predicted molar refractivity (Wildman–Crippen MR) is 97.8 cm³/mol. The van der Waals surface area contributed by atoms with Crippen molar-refractivity contribution in [1.82, 2.24) is 20.3 Å². The second-order valence-electron chi connectivity index (χ2n) is 7.15. The predicted octanol–water partition coefficient (Wildman–Crippen LogP) is 3.80. The van der Waals surface area contributed by atoms with Gasteiger partial charge in [-0.1, -0.05) is 49.3 Å². The molecule has 2 heterocycles. The highest BCUT2D eigenvalue weighted by molar-refractivity contribution is 5.93. The SMILES string of the molecule is CC(C)c1cnn(C2CC(NC(=O)c3cc(-c4ccccc4)on3)C2)c1. The fourth-order valence-electron chi connectivity index (χ4n) is 3.15. The van der Waals surface area contributed by atoms with E-state index in [9.17, 15) is 4.79 Å². The number of benzene rings is 1. The molecule has 0 bridgehead atoms. The Hall–Kier alpha value is -2.89. The topological polar surface area (TPSA) is 73.0 Å². The van der Waals surface area contributed by atoms with Crippen molar-refractivity contribution in [2.45, 2.75) is 44.7 Å². The van der Waals surface area contributed by atoms with Gasteiger partial charge in [-0.15, -0.1) is 0 Å². The molecule has 26 heavy (non-hydrogen) atoms. The molecule has 1 aliphatic rings. The lowest BCUT2D eigenvalue weighted by atomic mass is 9.86. The minimum absolute atomic E-state index is 0.149. The van der Waals surface area contributed by atoms with Crippen molar-refractivity contribution in [3.05, 3.63) is 60.0 Å². The van der Waals surface area contributed by atoms with E-state index in [1.165, 1.54) is 5.56 Å². The van der Waals surface area contributed by atoms with E-state index in [-0.39, 0.29) is 11.9 Å². The largest absolute Gasteiger partial charge is 0.355 e. The van der Waals surface area contributed by atoms with Gasteiger partial charge in [0.05, 0.1) is 12.2 Å². The summed E-state index contributed by atoms with van der Waals surface area (Å²) < 4.78 is 7.31. The van der Waals surface area contributed by atoms with Crippen molar-refractivity contribution in [1.29, 1.82) is 0 Å². The van der Waals surface area contributed by atoms with Crippen LogP contribution in [0.5, 0.6) is 0 Å². The maximum absolute atomic E-state index is 12.4. The zero-order chi connectivity index (χ0) is 18.1. The first kappa shape index (κ1) is 16.6. The second-order valence-corrected chi connectivity index (χ2v) is 7.15. The summed E-state index contributed by atoms with van der Waals surface area (Å²) in [6, 6.07) is 11.8. The Morgan fingerprint density at radius 3 is 2.73 bits per heavy atom. The number of rotatable bonds is 5. The van der Waals surface area contributed by atoms with E-state index in [0.29, 0.717) is 23.4 Å². The highest BCUT2D eigenvalue weighted by atomic mass is 16.5. The van der Waals surface area contributed by atoms with Gasteiger partial charge in [0, 0.05) is 23.9 Å². The van der Waals surface area contributed by atoms with Gasteiger partial charge in [-0.05, 0) is 24.3 Å². The van der Waals surface area contributed by atoms with E-state index in [2.05, 4.69) is 35.6 Å². The molecule has 1 fully saturated rings. The van der Waals surface area contributed by atoms with E-state index < -0.39 is 0 Å². The van der Waals surface area contributed by atoms with Crippen LogP contribution in [0.2, 0.25) is 0 Å². The summed E-state index contributed by atoms with van der Waals surface area (Å²) in [6.07, 6.45) is 5.80. The molecule has 0 radical (unpaired) electrons. The van der Waals surface area contributed by atoms with Gasteiger partial charge in [0.25, 0.3) is 5.91 Å². The number of aromatic nitrogens is 3. The molecule has 134 valence electrons. The zero-order valence-corrected chi connectivity index (χ0v) is 14.9. The molecule has 0 spiro atoms. The summed E-state index contributed by atoms with van der Waals surface area (Å²) in [6.45, 7) is 4.32. The molecule has 4 rings (SSSR count). The summed E-state index contributed by atoms with van der Waals surface area (Å²) in [5, 5.41) is 11.4. The van der Waals surface area contributed by atoms with Gasteiger partial charge in [0.2, 0.25) is 0 Å². The van der Waals surface area contributed by atoms with E-state index in [4.69, 9.17) is 4.52 Å². The Kier molecular flexibility index (Phi) is 4.32. The number of carbonyl (C=O) groups excluding carboxylic acids is 1. The lowest BCUT2D eigenvalue weighted by molar-refractivity contribution is 0.0879. The van der Waals surface area contributed by atoms with Gasteiger partial charge in [-0.2, -0.15) is 5.10 Å². The Morgan fingerprint density at radius 1 is 1.27 bits per heavy atom. The highest BCUT2D eigenvalue weighted by Gasteiger charge is 2.33. The fraction of sp³-hybridized carbons (Fsp3) is 0.350. The maximum Gasteiger partial charge on any atom is 0.273 e. The molecular formula is C20H22N4O2. The van der Waals surface area contributed by atoms with E-state index >= 15 is 0 Å². The van der Waals surface area contributed by atoms with Crippen molar-refractivity contribution >= 4 is 5.91 Å². The standard InChI is InChI=1S/C20H22N4O2/c1-13(2)15-11-21-24(12-15)17-8-16(9-17)22-20(25)18-10-19(26-23-18)14-6-4-3-5-7-14/h3-7,10-13,16-17H,8-9H2,1-2H3,(H,22,25). The number of nitrogens with zero attached hydrogens (tertiary/aromatic N) is 3. The minimum atomic E-state index is -0.192. The van der Waals surface area contributed by atoms with Crippen LogP contribution in [0.4, 0.5) is 0 Å². The summed E-state index contributed by atoms with van der Waals surface area (Å²) in [7, 11) is 0. The highest BCUT2D eigenvalue weighted by Crippen LogP contribution is 2.32. The van der Waals surface area contributed by atoms with Gasteiger partial charge in [0.1, 0.15) is 0 Å². The number of hydrogen-bond donors (Lipinski definition) is 1. The van der Waals surface area contributed by atoms with Gasteiger partial charge in [-0.3, -0.25) is 9.48 Å². The lowest BCUT2D eigenvalue weighted by Gasteiger charge is -2.35. The molecule has 0 saturated heterocycles. The zero-order valence-electron chi connectivity index (χ0n) is 14.9. The van der Waals surface area contributed by atoms with Crippen LogP contribution in [-0.2, 0) is 0 Å². The van der Waals surface area contributed by atoms with Gasteiger partial charge in [0.15, 0.2) is 11.5 Å². The van der Waals surface area contributed by atoms with Gasteiger partial charge in [-0.25, -0.2) is 0 Å². The third kappa shape index (κ3) is 3.27. The fourth-order valence-corrected chi connectivity index (χ4v) is 3.15. The normalized spacial score (nSPS) is 19.3. The molecule has 1 N–H and O–H groups in total. The monoisotopic (exact) mass is 350 g/mol. The van der Waals surface area contributed by atoms with Crippen molar-refractivity contribution in [2.75, 3.05) is 0 Å². The summed E-state index contributed by atoms with van der Waals surface area (Å²) in [4.78, 5) is 12.4. The smallest absolute Gasteiger partial charge is 0.273 e. The first-order valence-corrected chi connectivity index (χ1v) is 8.97. The van der Waals surface area contributed by atoms with E-state index in [1.807, 2.05) is 41.2 Å². The molecule has 1 aliphatic carbocycles. The van der Waals surface area contributed by atoms with Crippen LogP contribution in [0.1, 0.15) is 54.7 Å². The number of hydrogen-bond acceptors (Lipinski definition) is 4. The van der Waals surface area contributed by atoms with Crippen LogP contribution in [-0.4, -0.2) is 26.9 Å². The van der Waals surface area contributed by atoms with Crippen molar-refractivity contribution in [2.24, 2.45) is 0 Å². The van der Waals surface area contributed by atoms with Crippen LogP contribution in [0.15, 0.2) is 53.3 Å². The number of nitrogens with one attached hydrogen (secondary N) is 1. The molecule has 0 atom stereocenters. The lowest BCUT2D eigenvalue weighted by Crippen LogP contribution is -2.45. The minimum Gasteiger partial charge on any atom is -0.355 e. The van der Waals surface area contributed by atoms with Crippen LogP contribution in [0.25, 0.3) is 11.3 Å². The first-order valence-electron chi connectivity index (χ1n) is 8.97. The van der Waals surface area contributed by atoms with E-state index in [0.717, 1.165) is 18.4 Å². The Bertz CT molecular complexity index is 891. The Balaban J connectivity index is 1.33. The quantitative estimate of drug-likeness (QED) is 0.760. The molecule has 2 aromatic heterocycles. The first-order chi connectivity index (χ1) is 12.6. The molecule has 3 aromatic rings. The van der Waals surface area contributed by atoms with Gasteiger partial charge < -0.3 is 9.84 Å². The molecule has 6 heteroatoms. The van der Waals surface area contributed by atoms with E-state index in [1.54, 1.807) is 6.07 Å². The van der Waals surface area contributed by atoms with Crippen LogP contribution >= 0.6 is 0 Å². The number of amides is 1.